The van der Waals surface area contributed by atoms with E-state index in [0.717, 1.165) is 5.56 Å². The van der Waals surface area contributed by atoms with Gasteiger partial charge in [-0.25, -0.2) is 0 Å². The van der Waals surface area contributed by atoms with Crippen molar-refractivity contribution in [3.63, 3.8) is 0 Å². The number of benzene rings is 3. The van der Waals surface area contributed by atoms with Crippen LogP contribution in [-0.2, 0) is 20.8 Å². The zero-order chi connectivity index (χ0) is 25.3. The quantitative estimate of drug-likeness (QED) is 0.310. The van der Waals surface area contributed by atoms with Gasteiger partial charge in [-0.1, -0.05) is 42.5 Å². The van der Waals surface area contributed by atoms with Crippen molar-refractivity contribution in [3.05, 3.63) is 100 Å². The van der Waals surface area contributed by atoms with Crippen LogP contribution in [0.3, 0.4) is 0 Å². The number of nitrogens with zero attached hydrogens (tertiary/aromatic N) is 1. The summed E-state index contributed by atoms with van der Waals surface area (Å²) in [7, 11) is 1.56. The second-order valence-corrected chi connectivity index (χ2v) is 8.45. The molecular formula is C28H25NO6. The number of aryl methyl sites for hydroxylation is 2. The van der Waals surface area contributed by atoms with Gasteiger partial charge in [0.15, 0.2) is 0 Å². The van der Waals surface area contributed by atoms with Crippen LogP contribution in [0.4, 0.5) is 5.69 Å². The summed E-state index contributed by atoms with van der Waals surface area (Å²) in [4.78, 5) is 39.0. The number of Topliss-reactive ketones (excluding diaryl/α,β-unsaturated/α-hetero) is 1. The average molecular weight is 472 g/mol. The Morgan fingerprint density at radius 2 is 1.60 bits per heavy atom. The molecule has 1 aliphatic rings. The number of aliphatic hydroxyl groups excluding tert-OH is 1. The Hall–Kier alpha value is -4.39. The third kappa shape index (κ3) is 4.40. The lowest BCUT2D eigenvalue weighted by atomic mass is 9.93. The summed E-state index contributed by atoms with van der Waals surface area (Å²) in [5.74, 6) is -2.13. The van der Waals surface area contributed by atoms with E-state index >= 15 is 0 Å². The van der Waals surface area contributed by atoms with Gasteiger partial charge < -0.3 is 14.9 Å². The molecule has 3 aromatic carbocycles. The SMILES string of the molecule is COc1cc(C)c(/C(O)=C2\C(=O)C(=O)N(c3ccc(CC(=O)O)cc3)C2c2ccccc2)cc1C. The average Bonchev–Trinajstić information content (AvgIpc) is 3.11. The van der Waals surface area contributed by atoms with Gasteiger partial charge in [0.25, 0.3) is 11.7 Å². The predicted octanol–water partition coefficient (Wildman–Crippen LogP) is 4.57. The molecule has 4 rings (SSSR count). The third-order valence-corrected chi connectivity index (χ3v) is 6.13. The molecule has 178 valence electrons. The standard InChI is InChI=1S/C28H25NO6/c1-16-14-22(35-3)17(2)13-21(16)26(32)24-25(19-7-5-4-6-8-19)29(28(34)27(24)33)20-11-9-18(10-12-20)15-23(30)31/h4-14,25,32H,15H2,1-3H3,(H,30,31)/b26-24+. The molecule has 1 fully saturated rings. The molecule has 0 aliphatic carbocycles. The number of hydrogen-bond acceptors (Lipinski definition) is 5. The fraction of sp³-hybridized carbons (Fsp3) is 0.179. The van der Waals surface area contributed by atoms with Gasteiger partial charge in [0.2, 0.25) is 0 Å². The number of anilines is 1. The summed E-state index contributed by atoms with van der Waals surface area (Å²) in [6.07, 6.45) is -0.155. The first kappa shape index (κ1) is 23.8. The topological polar surface area (TPSA) is 104 Å². The smallest absolute Gasteiger partial charge is 0.307 e. The van der Waals surface area contributed by atoms with Crippen molar-refractivity contribution in [2.45, 2.75) is 26.3 Å². The van der Waals surface area contributed by atoms with Crippen molar-refractivity contribution in [1.29, 1.82) is 0 Å². The van der Waals surface area contributed by atoms with E-state index in [1.807, 2.05) is 13.0 Å². The molecule has 0 bridgehead atoms. The molecule has 7 heteroatoms. The van der Waals surface area contributed by atoms with Gasteiger partial charge in [-0.05, 0) is 60.4 Å². The summed E-state index contributed by atoms with van der Waals surface area (Å²) in [5, 5.41) is 20.4. The molecule has 1 saturated heterocycles. The monoisotopic (exact) mass is 471 g/mol. The highest BCUT2D eigenvalue weighted by molar-refractivity contribution is 6.51. The molecule has 0 spiro atoms. The number of methoxy groups -OCH3 is 1. The molecule has 1 amide bonds. The summed E-state index contributed by atoms with van der Waals surface area (Å²) < 4.78 is 5.36. The Labute approximate surface area is 202 Å². The minimum atomic E-state index is -0.965. The van der Waals surface area contributed by atoms with Crippen molar-refractivity contribution in [2.75, 3.05) is 12.0 Å². The van der Waals surface area contributed by atoms with Crippen LogP contribution >= 0.6 is 0 Å². The number of aliphatic hydroxyl groups is 1. The largest absolute Gasteiger partial charge is 0.507 e. The highest BCUT2D eigenvalue weighted by Crippen LogP contribution is 2.43. The molecule has 0 saturated carbocycles. The molecule has 3 aromatic rings. The van der Waals surface area contributed by atoms with Crippen LogP contribution in [0.5, 0.6) is 5.75 Å². The molecular weight excluding hydrogens is 446 g/mol. The van der Waals surface area contributed by atoms with E-state index in [9.17, 15) is 19.5 Å². The molecule has 1 heterocycles. The van der Waals surface area contributed by atoms with Crippen molar-refractivity contribution < 1.29 is 29.3 Å². The zero-order valence-electron chi connectivity index (χ0n) is 19.6. The van der Waals surface area contributed by atoms with Crippen molar-refractivity contribution in [1.82, 2.24) is 0 Å². The number of carbonyl (C=O) groups excluding carboxylic acids is 2. The number of ether oxygens (including phenoxy) is 1. The normalized spacial score (nSPS) is 17.0. The van der Waals surface area contributed by atoms with Gasteiger partial charge in [-0.2, -0.15) is 0 Å². The summed E-state index contributed by atoms with van der Waals surface area (Å²) in [6, 6.07) is 18.1. The molecule has 35 heavy (non-hydrogen) atoms. The lowest BCUT2D eigenvalue weighted by Crippen LogP contribution is -2.29. The van der Waals surface area contributed by atoms with E-state index in [0.29, 0.717) is 33.7 Å². The van der Waals surface area contributed by atoms with Crippen molar-refractivity contribution in [3.8, 4) is 5.75 Å². The zero-order valence-corrected chi connectivity index (χ0v) is 19.6. The van der Waals surface area contributed by atoms with Crippen LogP contribution in [0.1, 0.15) is 33.9 Å². The summed E-state index contributed by atoms with van der Waals surface area (Å²) >= 11 is 0. The summed E-state index contributed by atoms with van der Waals surface area (Å²) in [6.45, 7) is 3.63. The molecule has 0 radical (unpaired) electrons. The van der Waals surface area contributed by atoms with E-state index in [-0.39, 0.29) is 17.8 Å². The number of amides is 1. The van der Waals surface area contributed by atoms with Crippen molar-refractivity contribution >= 4 is 29.1 Å². The van der Waals surface area contributed by atoms with Gasteiger partial charge in [0.05, 0.1) is 25.1 Å². The third-order valence-electron chi connectivity index (χ3n) is 6.13. The number of ketones is 1. The van der Waals surface area contributed by atoms with E-state index in [4.69, 9.17) is 9.84 Å². The number of hydrogen-bond donors (Lipinski definition) is 2. The number of carboxylic acids is 1. The second kappa shape index (κ2) is 9.46. The van der Waals surface area contributed by atoms with Gasteiger partial charge in [0, 0.05) is 11.3 Å². The van der Waals surface area contributed by atoms with Crippen LogP contribution in [0, 0.1) is 13.8 Å². The molecule has 1 unspecified atom stereocenters. The van der Waals surface area contributed by atoms with E-state index in [2.05, 4.69) is 0 Å². The van der Waals surface area contributed by atoms with Crippen LogP contribution in [0.15, 0.2) is 72.3 Å². The lowest BCUT2D eigenvalue weighted by molar-refractivity contribution is -0.136. The first-order valence-corrected chi connectivity index (χ1v) is 11.0. The summed E-state index contributed by atoms with van der Waals surface area (Å²) in [5.41, 5.74) is 3.56. The van der Waals surface area contributed by atoms with Gasteiger partial charge >= 0.3 is 5.97 Å². The molecule has 2 N–H and O–H groups in total. The Morgan fingerprint density at radius 1 is 0.943 bits per heavy atom. The highest BCUT2D eigenvalue weighted by atomic mass is 16.5. The highest BCUT2D eigenvalue weighted by Gasteiger charge is 2.47. The van der Waals surface area contributed by atoms with E-state index < -0.39 is 23.7 Å². The number of rotatable bonds is 6. The van der Waals surface area contributed by atoms with Crippen LogP contribution in [0.25, 0.3) is 5.76 Å². The molecule has 7 nitrogen and oxygen atoms in total. The maximum absolute atomic E-state index is 13.3. The second-order valence-electron chi connectivity index (χ2n) is 8.45. The number of carboxylic acid groups (broad SMARTS) is 1. The number of aliphatic carboxylic acids is 1. The van der Waals surface area contributed by atoms with Gasteiger partial charge in [-0.15, -0.1) is 0 Å². The fourth-order valence-corrected chi connectivity index (χ4v) is 4.41. The molecule has 1 aliphatic heterocycles. The van der Waals surface area contributed by atoms with Gasteiger partial charge in [0.1, 0.15) is 11.5 Å². The first-order valence-electron chi connectivity index (χ1n) is 11.0. The Kier molecular flexibility index (Phi) is 6.42. The maximum Gasteiger partial charge on any atom is 0.307 e. The fourth-order valence-electron chi connectivity index (χ4n) is 4.41. The van der Waals surface area contributed by atoms with E-state index in [1.54, 1.807) is 74.7 Å². The minimum Gasteiger partial charge on any atom is -0.507 e. The van der Waals surface area contributed by atoms with Crippen molar-refractivity contribution in [2.24, 2.45) is 0 Å². The van der Waals surface area contributed by atoms with Crippen LogP contribution in [-0.4, -0.2) is 35.0 Å². The van der Waals surface area contributed by atoms with Crippen LogP contribution < -0.4 is 9.64 Å². The molecule has 1 atom stereocenters. The van der Waals surface area contributed by atoms with Crippen LogP contribution in [0.2, 0.25) is 0 Å². The first-order chi connectivity index (χ1) is 16.7. The minimum absolute atomic E-state index is 0.0107. The Bertz CT molecular complexity index is 1340. The number of carbonyl (C=O) groups is 3. The lowest BCUT2D eigenvalue weighted by Gasteiger charge is -2.25. The maximum atomic E-state index is 13.3. The Balaban J connectivity index is 1.89. The Morgan fingerprint density at radius 3 is 2.20 bits per heavy atom. The molecule has 0 aromatic heterocycles. The van der Waals surface area contributed by atoms with Gasteiger partial charge in [-0.3, -0.25) is 19.3 Å². The predicted molar refractivity (Wildman–Crippen MR) is 131 cm³/mol. The van der Waals surface area contributed by atoms with E-state index in [1.165, 1.54) is 4.90 Å².